The third-order valence-corrected chi connectivity index (χ3v) is 8.55. The number of carboxylic acid groups (broad SMARTS) is 1. The first kappa shape index (κ1) is 26.8. The fourth-order valence-electron chi connectivity index (χ4n) is 6.39. The van der Waals surface area contributed by atoms with Gasteiger partial charge in [-0.15, -0.1) is 5.10 Å². The van der Waals surface area contributed by atoms with Gasteiger partial charge in [-0.2, -0.15) is 18.4 Å². The quantitative estimate of drug-likeness (QED) is 0.456. The van der Waals surface area contributed by atoms with Crippen molar-refractivity contribution >= 4 is 17.6 Å². The molecule has 7 rings (SSSR count). The average Bonchev–Trinajstić information content (AvgIpc) is 3.33. The Balaban J connectivity index is 1.54. The minimum atomic E-state index is -4.63. The number of nitrogens with zero attached hydrogens (tertiary/aromatic N) is 6. The molecule has 0 unspecified atom stereocenters. The molecule has 0 spiro atoms. The SMILES string of the molecule is CC1=C(C(=O)O)[C@@H](c2ccc(C#N)cc2C[N+]23CCN(CC2)CC3)n2c(n[nH]c2=O)N1c1cccc(C(F)(F)F)c1. The maximum Gasteiger partial charge on any atom is 0.416 e. The molecule has 5 heterocycles. The van der Waals surface area contributed by atoms with Gasteiger partial charge in [0.05, 0.1) is 42.4 Å². The molecule has 10 nitrogen and oxygen atoms in total. The van der Waals surface area contributed by atoms with E-state index in [9.17, 15) is 33.1 Å². The Morgan fingerprint density at radius 2 is 1.88 bits per heavy atom. The first-order chi connectivity index (χ1) is 19.5. The number of fused-ring (bicyclic) bond motifs is 4. The van der Waals surface area contributed by atoms with Crippen LogP contribution in [-0.4, -0.2) is 74.5 Å². The fourth-order valence-corrected chi connectivity index (χ4v) is 6.39. The van der Waals surface area contributed by atoms with E-state index in [0.717, 1.165) is 61.4 Å². The molecule has 2 bridgehead atoms. The van der Waals surface area contributed by atoms with Crippen molar-refractivity contribution in [3.63, 3.8) is 0 Å². The van der Waals surface area contributed by atoms with E-state index in [1.807, 2.05) is 0 Å². The van der Waals surface area contributed by atoms with E-state index in [2.05, 4.69) is 21.2 Å². The predicted octanol–water partition coefficient (Wildman–Crippen LogP) is 3.21. The summed E-state index contributed by atoms with van der Waals surface area (Å²) < 4.78 is 42.6. The van der Waals surface area contributed by atoms with Crippen LogP contribution < -0.4 is 10.6 Å². The van der Waals surface area contributed by atoms with Crippen molar-refractivity contribution in [1.82, 2.24) is 19.7 Å². The molecule has 3 fully saturated rings. The van der Waals surface area contributed by atoms with E-state index in [-0.39, 0.29) is 22.9 Å². The average molecular weight is 567 g/mol. The summed E-state index contributed by atoms with van der Waals surface area (Å²) in [6.45, 7) is 7.66. The molecule has 1 aromatic heterocycles. The summed E-state index contributed by atoms with van der Waals surface area (Å²) in [6.07, 6.45) is -4.63. The van der Waals surface area contributed by atoms with E-state index in [4.69, 9.17) is 0 Å². The van der Waals surface area contributed by atoms with Crippen molar-refractivity contribution in [3.05, 3.63) is 86.5 Å². The van der Waals surface area contributed by atoms with Crippen LogP contribution in [0.1, 0.15) is 35.2 Å². The standard InChI is InChI=1S/C28H26F3N7O3/c1-17-23(25(39)40)24(22-6-5-18(15-32)13-19(22)16-38-10-7-35(8-11-38)9-12-38)37-26(33-34-27(37)41)36(17)21-4-2-3-20(14-21)28(29,30)31/h2-6,13-14,24H,7-12,16H2,1H3,(H-,34,39,40,41)/p+1/t24-/m1/s1. The van der Waals surface area contributed by atoms with Gasteiger partial charge in [0.15, 0.2) is 0 Å². The van der Waals surface area contributed by atoms with Crippen LogP contribution in [0, 0.1) is 11.3 Å². The molecular formula is C28H27F3N7O3+. The lowest BCUT2D eigenvalue weighted by atomic mass is 9.89. The first-order valence-corrected chi connectivity index (χ1v) is 13.2. The minimum Gasteiger partial charge on any atom is -0.478 e. The van der Waals surface area contributed by atoms with E-state index in [0.29, 0.717) is 17.7 Å². The molecule has 0 amide bonds. The van der Waals surface area contributed by atoms with Gasteiger partial charge in [-0.3, -0.25) is 9.80 Å². The zero-order valence-corrected chi connectivity index (χ0v) is 22.1. The van der Waals surface area contributed by atoms with Crippen LogP contribution >= 0.6 is 0 Å². The Morgan fingerprint density at radius 3 is 2.51 bits per heavy atom. The number of alkyl halides is 3. The molecule has 3 aromatic rings. The van der Waals surface area contributed by atoms with Crippen LogP contribution in [0.2, 0.25) is 0 Å². The topological polar surface area (TPSA) is 118 Å². The molecule has 0 radical (unpaired) electrons. The molecule has 0 aliphatic carbocycles. The molecule has 13 heteroatoms. The van der Waals surface area contributed by atoms with Crippen molar-refractivity contribution in [2.45, 2.75) is 25.7 Å². The molecular weight excluding hydrogens is 539 g/mol. The van der Waals surface area contributed by atoms with Crippen molar-refractivity contribution in [2.24, 2.45) is 0 Å². The number of quaternary nitrogens is 1. The summed E-state index contributed by atoms with van der Waals surface area (Å²) in [5, 5.41) is 26.6. The van der Waals surface area contributed by atoms with Gasteiger partial charge >= 0.3 is 17.8 Å². The van der Waals surface area contributed by atoms with Crippen LogP contribution in [0.25, 0.3) is 0 Å². The molecule has 212 valence electrons. The highest BCUT2D eigenvalue weighted by atomic mass is 19.4. The van der Waals surface area contributed by atoms with Gasteiger partial charge in [-0.1, -0.05) is 12.1 Å². The van der Waals surface area contributed by atoms with Crippen LogP contribution in [-0.2, 0) is 17.5 Å². The van der Waals surface area contributed by atoms with Gasteiger partial charge in [0.2, 0.25) is 5.95 Å². The third-order valence-electron chi connectivity index (χ3n) is 8.55. The van der Waals surface area contributed by atoms with E-state index in [1.165, 1.54) is 28.5 Å². The number of aromatic amines is 1. The highest BCUT2D eigenvalue weighted by Crippen LogP contribution is 2.43. The number of carboxylic acids is 1. The summed E-state index contributed by atoms with van der Waals surface area (Å²) in [6, 6.07) is 10.5. The van der Waals surface area contributed by atoms with Crippen LogP contribution in [0.3, 0.4) is 0 Å². The Hall–Kier alpha value is -4.41. The predicted molar refractivity (Wildman–Crippen MR) is 141 cm³/mol. The lowest BCUT2D eigenvalue weighted by Gasteiger charge is -2.51. The van der Waals surface area contributed by atoms with E-state index in [1.54, 1.807) is 18.2 Å². The van der Waals surface area contributed by atoms with Crippen molar-refractivity contribution in [3.8, 4) is 6.07 Å². The number of hydrogen-bond donors (Lipinski definition) is 2. The van der Waals surface area contributed by atoms with Gasteiger partial charge in [-0.25, -0.2) is 19.3 Å². The molecule has 4 aliphatic rings. The van der Waals surface area contributed by atoms with E-state index >= 15 is 0 Å². The third kappa shape index (κ3) is 4.49. The van der Waals surface area contributed by atoms with E-state index < -0.39 is 29.4 Å². The number of benzene rings is 2. The lowest BCUT2D eigenvalue weighted by Crippen LogP contribution is -2.66. The molecule has 0 saturated carbocycles. The number of nitriles is 1. The number of aromatic nitrogens is 3. The number of aliphatic carboxylic acids is 1. The van der Waals surface area contributed by atoms with Crippen LogP contribution in [0.5, 0.6) is 0 Å². The lowest BCUT2D eigenvalue weighted by molar-refractivity contribution is -0.953. The van der Waals surface area contributed by atoms with Gasteiger partial charge in [0, 0.05) is 36.6 Å². The summed E-state index contributed by atoms with van der Waals surface area (Å²) in [4.78, 5) is 29.8. The maximum atomic E-state index is 13.6. The smallest absolute Gasteiger partial charge is 0.416 e. The number of halogens is 3. The Morgan fingerprint density at radius 1 is 1.17 bits per heavy atom. The van der Waals surface area contributed by atoms with Gasteiger partial charge < -0.3 is 9.59 Å². The number of hydrogen-bond acceptors (Lipinski definition) is 6. The maximum absolute atomic E-state index is 13.6. The largest absolute Gasteiger partial charge is 0.478 e. The minimum absolute atomic E-state index is 0.0133. The second kappa shape index (κ2) is 9.60. The van der Waals surface area contributed by atoms with Gasteiger partial charge in [-0.05, 0) is 42.8 Å². The zero-order valence-electron chi connectivity index (χ0n) is 22.1. The Kier molecular flexibility index (Phi) is 6.28. The number of carbonyl (C=O) groups is 1. The highest BCUT2D eigenvalue weighted by Gasteiger charge is 2.43. The Bertz CT molecular complexity index is 1660. The number of anilines is 2. The molecule has 41 heavy (non-hydrogen) atoms. The number of piperazine rings is 3. The second-order valence-corrected chi connectivity index (χ2v) is 10.8. The summed E-state index contributed by atoms with van der Waals surface area (Å²) in [5.74, 6) is -1.35. The normalized spacial score (nSPS) is 23.8. The van der Waals surface area contributed by atoms with Crippen LogP contribution in [0.15, 0.2) is 58.5 Å². The monoisotopic (exact) mass is 566 g/mol. The summed E-state index contributed by atoms with van der Waals surface area (Å²) in [7, 11) is 0. The number of H-pyrrole nitrogens is 1. The van der Waals surface area contributed by atoms with Gasteiger partial charge in [0.25, 0.3) is 0 Å². The van der Waals surface area contributed by atoms with Crippen molar-refractivity contribution in [2.75, 3.05) is 44.2 Å². The van der Waals surface area contributed by atoms with Crippen molar-refractivity contribution < 1.29 is 27.6 Å². The highest BCUT2D eigenvalue weighted by molar-refractivity contribution is 5.92. The molecule has 2 aromatic carbocycles. The van der Waals surface area contributed by atoms with Crippen molar-refractivity contribution in [1.29, 1.82) is 5.26 Å². The van der Waals surface area contributed by atoms with Gasteiger partial charge in [0.1, 0.15) is 12.6 Å². The second-order valence-electron chi connectivity index (χ2n) is 10.8. The van der Waals surface area contributed by atoms with Crippen LogP contribution in [0.4, 0.5) is 24.8 Å². The fraction of sp³-hybridized carbons (Fsp3) is 0.357. The molecule has 1 atom stereocenters. The number of allylic oxidation sites excluding steroid dienone is 1. The Labute approximate surface area is 232 Å². The zero-order chi connectivity index (χ0) is 29.1. The summed E-state index contributed by atoms with van der Waals surface area (Å²) >= 11 is 0. The first-order valence-electron chi connectivity index (χ1n) is 13.2. The molecule has 2 N–H and O–H groups in total. The number of rotatable bonds is 5. The molecule has 3 saturated heterocycles. The molecule has 4 aliphatic heterocycles. The summed E-state index contributed by atoms with van der Waals surface area (Å²) in [5.41, 5.74) is 0.0429. The number of nitrogens with one attached hydrogen (secondary N) is 1.